The molecule has 2 saturated heterocycles. The van der Waals surface area contributed by atoms with Crippen LogP contribution in [0.4, 0.5) is 13.2 Å². The third-order valence-corrected chi connectivity index (χ3v) is 9.20. The van der Waals surface area contributed by atoms with Gasteiger partial charge in [0.15, 0.2) is 11.4 Å². The van der Waals surface area contributed by atoms with Crippen LogP contribution in [0.3, 0.4) is 0 Å². The van der Waals surface area contributed by atoms with E-state index in [9.17, 15) is 48.0 Å². The zero-order valence-electron chi connectivity index (χ0n) is 21.2. The van der Waals surface area contributed by atoms with Crippen LogP contribution >= 0.6 is 0 Å². The van der Waals surface area contributed by atoms with Crippen molar-refractivity contribution in [1.82, 2.24) is 10.2 Å². The number of phenolic OH excluding ortho intramolecular Hbond substituents is 1. The van der Waals surface area contributed by atoms with E-state index in [0.29, 0.717) is 38.9 Å². The number of fused-ring (bicyclic) bond motifs is 3. The van der Waals surface area contributed by atoms with Crippen LogP contribution < -0.4 is 11.1 Å². The van der Waals surface area contributed by atoms with Crippen LogP contribution in [0.25, 0.3) is 5.76 Å². The molecule has 1 aromatic rings. The lowest BCUT2D eigenvalue weighted by molar-refractivity contribution is -0.157. The number of phenols is 1. The van der Waals surface area contributed by atoms with E-state index in [1.807, 2.05) is 0 Å². The highest BCUT2D eigenvalue weighted by atomic mass is 19.4. The number of ketones is 2. The van der Waals surface area contributed by atoms with Crippen LogP contribution in [0.1, 0.15) is 54.0 Å². The Hall–Kier alpha value is -3.42. The highest BCUT2D eigenvalue weighted by molar-refractivity contribution is 6.24. The number of amides is 1. The fraction of sp³-hybridized carbons (Fsp3) is 0.519. The zero-order valence-corrected chi connectivity index (χ0v) is 21.2. The molecule has 2 heterocycles. The molecule has 0 aromatic heterocycles. The molecule has 5 atom stereocenters. The molecule has 0 bridgehead atoms. The van der Waals surface area contributed by atoms with Gasteiger partial charge in [0.05, 0.1) is 17.2 Å². The van der Waals surface area contributed by atoms with Gasteiger partial charge in [-0.05, 0) is 61.8 Å². The minimum absolute atomic E-state index is 0.158. The molecule has 40 heavy (non-hydrogen) atoms. The molecular weight excluding hydrogens is 535 g/mol. The van der Waals surface area contributed by atoms with Crippen molar-refractivity contribution >= 4 is 23.2 Å². The van der Waals surface area contributed by atoms with E-state index in [1.54, 1.807) is 4.90 Å². The predicted octanol–water partition coefficient (Wildman–Crippen LogP) is 1.55. The van der Waals surface area contributed by atoms with Gasteiger partial charge in [-0.1, -0.05) is 0 Å². The molecule has 2 aliphatic heterocycles. The lowest BCUT2D eigenvalue weighted by Gasteiger charge is -2.53. The third-order valence-electron chi connectivity index (χ3n) is 9.20. The van der Waals surface area contributed by atoms with Crippen LogP contribution in [0.2, 0.25) is 0 Å². The molecule has 1 saturated carbocycles. The SMILES string of the molecule is NC(=O)C1=C(O)[C@@]2(O)C(=O)C3=C(O)c4c(O)cc(C5CCCN5)c(C(F)(F)F)c4C[C@H]3C[C@H]2[C@H](N2CCC2)C1=O. The van der Waals surface area contributed by atoms with Gasteiger partial charge < -0.3 is 31.5 Å². The molecule has 3 aliphatic carbocycles. The van der Waals surface area contributed by atoms with Crippen molar-refractivity contribution in [3.8, 4) is 5.75 Å². The Morgan fingerprint density at radius 1 is 1.15 bits per heavy atom. The number of halogens is 3. The average molecular weight is 564 g/mol. The fourth-order valence-corrected chi connectivity index (χ4v) is 7.35. The number of primary amides is 1. The Kier molecular flexibility index (Phi) is 5.88. The van der Waals surface area contributed by atoms with Crippen LogP contribution in [0, 0.1) is 11.8 Å². The first-order chi connectivity index (χ1) is 18.8. The molecule has 1 unspecified atom stereocenters. The van der Waals surface area contributed by atoms with Crippen LogP contribution in [-0.2, 0) is 27.0 Å². The number of hydrogen-bond donors (Lipinski definition) is 6. The van der Waals surface area contributed by atoms with Crippen LogP contribution in [0.5, 0.6) is 5.75 Å². The number of carbonyl (C=O) groups is 3. The van der Waals surface area contributed by atoms with Crippen molar-refractivity contribution in [2.24, 2.45) is 17.6 Å². The van der Waals surface area contributed by atoms with E-state index in [4.69, 9.17) is 5.73 Å². The maximum Gasteiger partial charge on any atom is 0.417 e. The van der Waals surface area contributed by atoms with Gasteiger partial charge >= 0.3 is 6.18 Å². The highest BCUT2D eigenvalue weighted by Gasteiger charge is 2.65. The van der Waals surface area contributed by atoms with E-state index in [-0.39, 0.29) is 17.5 Å². The normalized spacial score (nSPS) is 32.5. The van der Waals surface area contributed by atoms with Crippen molar-refractivity contribution in [3.63, 3.8) is 0 Å². The summed E-state index contributed by atoms with van der Waals surface area (Å²) in [4.78, 5) is 41.0. The largest absolute Gasteiger partial charge is 0.508 e. The van der Waals surface area contributed by atoms with E-state index in [0.717, 1.165) is 6.07 Å². The summed E-state index contributed by atoms with van der Waals surface area (Å²) in [6, 6.07) is -0.955. The molecule has 0 spiro atoms. The lowest BCUT2D eigenvalue weighted by atomic mass is 9.57. The Bertz CT molecular complexity index is 1430. The number of rotatable bonds is 3. The summed E-state index contributed by atoms with van der Waals surface area (Å²) in [6.07, 6.45) is -3.77. The van der Waals surface area contributed by atoms with E-state index < -0.39 is 99.1 Å². The standard InChI is InChI=1S/C27H28F3N3O7/c28-27(29,30)19-11(14-3-1-4-32-14)9-15(34)17-12(19)7-10-8-13-20(33-5-2-6-33)22(36)18(25(31)39)24(38)26(13,40)23(37)16(10)21(17)35/h9-10,13-14,20,32,34-35,38,40H,1-8H2,(H2,31,39)/t10-,13-,14?,20-,26-/m0/s1. The van der Waals surface area contributed by atoms with Gasteiger partial charge in [-0.2, -0.15) is 13.2 Å². The summed E-state index contributed by atoms with van der Waals surface area (Å²) >= 11 is 0. The van der Waals surface area contributed by atoms with Gasteiger partial charge in [0.25, 0.3) is 5.91 Å². The zero-order chi connectivity index (χ0) is 28.9. The Balaban J connectivity index is 1.56. The number of aliphatic hydroxyl groups is 3. The van der Waals surface area contributed by atoms with Gasteiger partial charge in [0.2, 0.25) is 5.78 Å². The molecule has 1 amide bonds. The first-order valence-electron chi connectivity index (χ1n) is 13.2. The Morgan fingerprint density at radius 2 is 1.85 bits per heavy atom. The molecule has 3 fully saturated rings. The number of nitrogens with one attached hydrogen (secondary N) is 1. The molecule has 10 nitrogen and oxygen atoms in total. The molecule has 0 radical (unpaired) electrons. The number of alkyl halides is 3. The summed E-state index contributed by atoms with van der Waals surface area (Å²) in [7, 11) is 0. The highest BCUT2D eigenvalue weighted by Crippen LogP contribution is 2.55. The second-order valence-electron chi connectivity index (χ2n) is 11.2. The van der Waals surface area contributed by atoms with Gasteiger partial charge in [0, 0.05) is 30.6 Å². The summed E-state index contributed by atoms with van der Waals surface area (Å²) in [5.74, 6) is -8.69. The summed E-state index contributed by atoms with van der Waals surface area (Å²) in [5, 5.41) is 47.7. The number of aliphatic hydroxyl groups excluding tert-OH is 2. The second-order valence-corrected chi connectivity index (χ2v) is 11.2. The number of benzene rings is 1. The van der Waals surface area contributed by atoms with E-state index >= 15 is 0 Å². The maximum absolute atomic E-state index is 14.6. The van der Waals surface area contributed by atoms with Gasteiger partial charge in [-0.15, -0.1) is 0 Å². The number of carbonyl (C=O) groups excluding carboxylic acids is 3. The smallest absolute Gasteiger partial charge is 0.417 e. The van der Waals surface area contributed by atoms with Crippen molar-refractivity contribution in [3.05, 3.63) is 45.2 Å². The molecule has 1 aromatic carbocycles. The number of Topliss-reactive ketones (excluding diaryl/α,β-unsaturated/α-hetero) is 2. The molecule has 13 heteroatoms. The minimum Gasteiger partial charge on any atom is -0.508 e. The van der Waals surface area contributed by atoms with E-state index in [1.165, 1.54) is 0 Å². The maximum atomic E-state index is 14.6. The third kappa shape index (κ3) is 3.50. The number of nitrogens with zero attached hydrogens (tertiary/aromatic N) is 1. The van der Waals surface area contributed by atoms with Crippen molar-refractivity contribution in [2.45, 2.75) is 56.0 Å². The lowest BCUT2D eigenvalue weighted by Crippen LogP contribution is -2.68. The summed E-state index contributed by atoms with van der Waals surface area (Å²) < 4.78 is 43.7. The molecule has 7 N–H and O–H groups in total. The van der Waals surface area contributed by atoms with Gasteiger partial charge in [-0.25, -0.2) is 0 Å². The summed E-state index contributed by atoms with van der Waals surface area (Å²) in [5.41, 5.74) is -0.995. The minimum atomic E-state index is -4.85. The number of nitrogens with two attached hydrogens (primary N) is 1. The van der Waals surface area contributed by atoms with E-state index in [2.05, 4.69) is 5.32 Å². The molecular formula is C27H28F3N3O7. The predicted molar refractivity (Wildman–Crippen MR) is 132 cm³/mol. The Morgan fingerprint density at radius 3 is 2.40 bits per heavy atom. The van der Waals surface area contributed by atoms with Crippen molar-refractivity contribution in [1.29, 1.82) is 0 Å². The monoisotopic (exact) mass is 563 g/mol. The quantitative estimate of drug-likeness (QED) is 0.298. The first kappa shape index (κ1) is 26.8. The average Bonchev–Trinajstić information content (AvgIpc) is 3.36. The fourth-order valence-electron chi connectivity index (χ4n) is 7.35. The second kappa shape index (κ2) is 8.79. The van der Waals surface area contributed by atoms with Crippen molar-refractivity contribution < 1.29 is 48.0 Å². The molecule has 6 rings (SSSR count). The number of hydrogen-bond acceptors (Lipinski definition) is 9. The topological polar surface area (TPSA) is 173 Å². The number of likely N-dealkylation sites (tertiary alicyclic amines) is 1. The van der Waals surface area contributed by atoms with Gasteiger partial charge in [-0.3, -0.25) is 19.3 Å². The van der Waals surface area contributed by atoms with Crippen LogP contribution in [0.15, 0.2) is 23.0 Å². The molecule has 214 valence electrons. The van der Waals surface area contributed by atoms with Crippen LogP contribution in [-0.4, -0.2) is 74.1 Å². The van der Waals surface area contributed by atoms with Gasteiger partial charge in [0.1, 0.15) is 22.8 Å². The Labute approximate surface area is 225 Å². The summed E-state index contributed by atoms with van der Waals surface area (Å²) in [6.45, 7) is 1.30. The van der Waals surface area contributed by atoms with Crippen molar-refractivity contribution in [2.75, 3.05) is 19.6 Å². The molecule has 5 aliphatic rings. The first-order valence-corrected chi connectivity index (χ1v) is 13.2. The number of aromatic hydroxyl groups is 1.